The minimum absolute atomic E-state index is 0.0342. The molecule has 2 aromatic carbocycles. The fraction of sp³-hybridized carbons (Fsp3) is 0.150. The molecule has 0 unspecified atom stereocenters. The highest BCUT2D eigenvalue weighted by Crippen LogP contribution is 2.44. The Morgan fingerprint density at radius 1 is 1.26 bits per heavy atom. The van der Waals surface area contributed by atoms with Crippen molar-refractivity contribution in [1.82, 2.24) is 5.32 Å². The average Bonchev–Trinajstić information content (AvgIpc) is 3.06. The molecule has 1 aliphatic rings. The second-order valence-corrected chi connectivity index (χ2v) is 8.47. The highest BCUT2D eigenvalue weighted by molar-refractivity contribution is 9.10. The number of nitrogens with zero attached hydrogens (tertiary/aromatic N) is 2. The second kappa shape index (κ2) is 9.85. The van der Waals surface area contributed by atoms with Gasteiger partial charge in [0.2, 0.25) is 11.7 Å². The summed E-state index contributed by atoms with van der Waals surface area (Å²) in [7, 11) is 1.29. The van der Waals surface area contributed by atoms with Gasteiger partial charge >= 0.3 is 11.9 Å². The summed E-state index contributed by atoms with van der Waals surface area (Å²) in [5.74, 6) is -1.34. The summed E-state index contributed by atoms with van der Waals surface area (Å²) in [6, 6.07) is 4.84. The number of rotatable bonds is 5. The van der Waals surface area contributed by atoms with E-state index in [4.69, 9.17) is 9.47 Å². The molecule has 14 heteroatoms. The number of aliphatic imine (C=N–C) groups is 1. The van der Waals surface area contributed by atoms with Gasteiger partial charge in [0.15, 0.2) is 16.7 Å². The molecule has 0 atom stereocenters. The quantitative estimate of drug-likeness (QED) is 0.300. The van der Waals surface area contributed by atoms with Gasteiger partial charge in [-0.2, -0.15) is 18.2 Å². The van der Waals surface area contributed by atoms with Crippen LogP contribution in [0.1, 0.15) is 18.1 Å². The van der Waals surface area contributed by atoms with E-state index in [1.54, 1.807) is 0 Å². The van der Waals surface area contributed by atoms with Crippen LogP contribution in [0.15, 0.2) is 44.7 Å². The predicted octanol–water partition coefficient (Wildman–Crippen LogP) is 5.28. The number of amides is 2. The Morgan fingerprint density at radius 2 is 1.97 bits per heavy atom. The van der Waals surface area contributed by atoms with E-state index < -0.39 is 34.0 Å². The highest BCUT2D eigenvalue weighted by Gasteiger charge is 2.34. The molecule has 1 aliphatic heterocycles. The summed E-state index contributed by atoms with van der Waals surface area (Å²) >= 11 is 4.20. The molecular weight excluding hydrogens is 547 g/mol. The molecule has 3 rings (SSSR count). The van der Waals surface area contributed by atoms with Gasteiger partial charge in [-0.1, -0.05) is 0 Å². The number of thioether (sulfide) groups is 1. The Hall–Kier alpha value is -3.39. The van der Waals surface area contributed by atoms with Crippen LogP contribution >= 0.6 is 27.7 Å². The Kier molecular flexibility index (Phi) is 7.31. The lowest BCUT2D eigenvalue weighted by Gasteiger charge is -2.14. The minimum atomic E-state index is -4.77. The maximum Gasteiger partial charge on any atom is 0.416 e. The normalized spacial score (nSPS) is 14.7. The van der Waals surface area contributed by atoms with Gasteiger partial charge in [-0.15, -0.1) is 0 Å². The van der Waals surface area contributed by atoms with Crippen molar-refractivity contribution in [2.45, 2.75) is 13.1 Å². The smallest absolute Gasteiger partial charge is 0.416 e. The standard InChI is InChI=1S/C20H13BrF3N3O6S/c1-9(28)25-19-26-18(29)16(34-19)7-10-5-12(21)17(15(6-10)32-2)33-14-4-3-11(20(22,23)24)8-13(14)27(30)31/h3-8H,1-2H3,(H,25,26,28,29)/b16-7-. The lowest BCUT2D eigenvalue weighted by atomic mass is 10.1. The number of nitro groups is 1. The number of carbonyl (C=O) groups is 2. The molecule has 0 aliphatic carbocycles. The van der Waals surface area contributed by atoms with E-state index >= 15 is 0 Å². The Balaban J connectivity index is 1.95. The zero-order chi connectivity index (χ0) is 25.2. The van der Waals surface area contributed by atoms with Crippen LogP contribution in [0, 0.1) is 10.1 Å². The molecule has 9 nitrogen and oxygen atoms in total. The van der Waals surface area contributed by atoms with Crippen LogP contribution < -0.4 is 14.8 Å². The number of hydrogen-bond donors (Lipinski definition) is 1. The molecule has 0 aromatic heterocycles. The molecule has 0 radical (unpaired) electrons. The number of carbonyl (C=O) groups excluding carboxylic acids is 2. The van der Waals surface area contributed by atoms with E-state index in [1.165, 1.54) is 32.2 Å². The zero-order valence-electron chi connectivity index (χ0n) is 17.2. The Labute approximate surface area is 202 Å². The number of nitrogens with one attached hydrogen (secondary N) is 1. The SMILES string of the molecule is COc1cc(/C=C2\SC(NC(C)=O)=NC2=O)cc(Br)c1Oc1ccc(C(F)(F)F)cc1[N+](=O)[O-]. The molecular formula is C20H13BrF3N3O6S. The monoisotopic (exact) mass is 559 g/mol. The second-order valence-electron chi connectivity index (χ2n) is 6.59. The van der Waals surface area contributed by atoms with Crippen molar-refractivity contribution in [3.8, 4) is 17.2 Å². The molecule has 0 bridgehead atoms. The van der Waals surface area contributed by atoms with Gasteiger partial charge < -0.3 is 14.8 Å². The van der Waals surface area contributed by atoms with Crippen LogP contribution in [0.4, 0.5) is 18.9 Å². The highest BCUT2D eigenvalue weighted by atomic mass is 79.9. The maximum atomic E-state index is 12.9. The zero-order valence-corrected chi connectivity index (χ0v) is 19.6. The van der Waals surface area contributed by atoms with Crippen LogP contribution in [-0.2, 0) is 15.8 Å². The van der Waals surface area contributed by atoms with E-state index in [-0.39, 0.29) is 32.0 Å². The fourth-order valence-corrected chi connectivity index (χ4v) is 4.12. The predicted molar refractivity (Wildman–Crippen MR) is 121 cm³/mol. The molecule has 2 aromatic rings. The summed E-state index contributed by atoms with van der Waals surface area (Å²) < 4.78 is 49.9. The lowest BCUT2D eigenvalue weighted by Crippen LogP contribution is -2.23. The topological polar surface area (TPSA) is 120 Å². The van der Waals surface area contributed by atoms with E-state index in [1.807, 2.05) is 0 Å². The van der Waals surface area contributed by atoms with E-state index in [0.717, 1.165) is 17.8 Å². The first-order chi connectivity index (χ1) is 15.9. The molecule has 0 spiro atoms. The molecule has 0 saturated heterocycles. The molecule has 0 fully saturated rings. The van der Waals surface area contributed by atoms with Crippen molar-refractivity contribution in [1.29, 1.82) is 0 Å². The summed E-state index contributed by atoms with van der Waals surface area (Å²) in [6.07, 6.45) is -3.29. The van der Waals surface area contributed by atoms with Crippen molar-refractivity contribution >= 4 is 56.4 Å². The molecule has 1 heterocycles. The first-order valence-corrected chi connectivity index (χ1v) is 10.7. The number of nitro benzene ring substituents is 1. The summed E-state index contributed by atoms with van der Waals surface area (Å²) in [6.45, 7) is 1.27. The third-order valence-corrected chi connectivity index (χ3v) is 5.64. The maximum absolute atomic E-state index is 12.9. The fourth-order valence-electron chi connectivity index (χ4n) is 2.72. The van der Waals surface area contributed by atoms with Crippen molar-refractivity contribution in [2.24, 2.45) is 4.99 Å². The van der Waals surface area contributed by atoms with Crippen molar-refractivity contribution < 1.29 is 37.2 Å². The number of methoxy groups -OCH3 is 1. The molecule has 178 valence electrons. The third kappa shape index (κ3) is 5.75. The molecule has 2 amide bonds. The summed E-state index contributed by atoms with van der Waals surface area (Å²) in [4.78, 5) is 37.5. The summed E-state index contributed by atoms with van der Waals surface area (Å²) in [5.41, 5.74) is -1.63. The van der Waals surface area contributed by atoms with Gasteiger partial charge in [-0.05, 0) is 63.6 Å². The van der Waals surface area contributed by atoms with E-state index in [2.05, 4.69) is 26.2 Å². The van der Waals surface area contributed by atoms with E-state index in [9.17, 15) is 32.9 Å². The summed E-state index contributed by atoms with van der Waals surface area (Å²) in [5, 5.41) is 13.9. The minimum Gasteiger partial charge on any atom is -0.493 e. The van der Waals surface area contributed by atoms with Crippen molar-refractivity contribution in [3.05, 3.63) is 61.0 Å². The van der Waals surface area contributed by atoms with Crippen LogP contribution in [0.2, 0.25) is 0 Å². The van der Waals surface area contributed by atoms with Gasteiger partial charge in [-0.25, -0.2) is 0 Å². The van der Waals surface area contributed by atoms with Gasteiger partial charge in [0.25, 0.3) is 5.91 Å². The number of halogens is 4. The van der Waals surface area contributed by atoms with Crippen LogP contribution in [0.3, 0.4) is 0 Å². The van der Waals surface area contributed by atoms with Crippen molar-refractivity contribution in [2.75, 3.05) is 7.11 Å². The van der Waals surface area contributed by atoms with Crippen LogP contribution in [0.25, 0.3) is 6.08 Å². The van der Waals surface area contributed by atoms with Gasteiger partial charge in [0, 0.05) is 13.0 Å². The van der Waals surface area contributed by atoms with Gasteiger partial charge in [0.05, 0.1) is 27.0 Å². The Morgan fingerprint density at radius 3 is 2.56 bits per heavy atom. The van der Waals surface area contributed by atoms with Crippen molar-refractivity contribution in [3.63, 3.8) is 0 Å². The first kappa shape index (κ1) is 25.2. The average molecular weight is 560 g/mol. The van der Waals surface area contributed by atoms with Crippen LogP contribution in [-0.4, -0.2) is 29.0 Å². The lowest BCUT2D eigenvalue weighted by molar-refractivity contribution is -0.385. The molecule has 1 N–H and O–H groups in total. The number of hydrogen-bond acceptors (Lipinski definition) is 7. The van der Waals surface area contributed by atoms with Gasteiger partial charge in [0.1, 0.15) is 0 Å². The largest absolute Gasteiger partial charge is 0.493 e. The molecule has 34 heavy (non-hydrogen) atoms. The number of benzene rings is 2. The number of amidine groups is 1. The first-order valence-electron chi connectivity index (χ1n) is 9.10. The number of ether oxygens (including phenoxy) is 2. The van der Waals surface area contributed by atoms with Gasteiger partial charge in [-0.3, -0.25) is 19.7 Å². The third-order valence-electron chi connectivity index (χ3n) is 4.15. The number of alkyl halides is 3. The van der Waals surface area contributed by atoms with Crippen LogP contribution in [0.5, 0.6) is 17.2 Å². The van der Waals surface area contributed by atoms with E-state index in [0.29, 0.717) is 17.7 Å². The Bertz CT molecular complexity index is 1260. The molecule has 0 saturated carbocycles.